The van der Waals surface area contributed by atoms with Crippen molar-refractivity contribution in [3.8, 4) is 0 Å². The minimum Gasteiger partial charge on any atom is -0.478 e. The zero-order valence-corrected chi connectivity index (χ0v) is 11.5. The fraction of sp³-hybridized carbons (Fsp3) is 0.533. The number of carbonyl (C=O) groups is 1. The molecule has 0 amide bonds. The lowest BCUT2D eigenvalue weighted by atomic mass is 10.0. The summed E-state index contributed by atoms with van der Waals surface area (Å²) >= 11 is 0. The van der Waals surface area contributed by atoms with E-state index in [1.165, 1.54) is 0 Å². The molecule has 1 fully saturated rings. The number of carboxylic acids is 1. The van der Waals surface area contributed by atoms with E-state index in [2.05, 4.69) is 18.9 Å². The number of aromatic carboxylic acids is 1. The highest BCUT2D eigenvalue weighted by molar-refractivity contribution is 5.87. The molecule has 4 heteroatoms. The van der Waals surface area contributed by atoms with Crippen LogP contribution in [0.3, 0.4) is 0 Å². The molecule has 1 N–H and O–H groups in total. The van der Waals surface area contributed by atoms with E-state index in [0.29, 0.717) is 17.7 Å². The number of benzene rings is 1. The van der Waals surface area contributed by atoms with E-state index in [0.717, 1.165) is 31.6 Å². The summed E-state index contributed by atoms with van der Waals surface area (Å²) in [6.45, 7) is 3.78. The van der Waals surface area contributed by atoms with E-state index in [9.17, 15) is 4.79 Å². The van der Waals surface area contributed by atoms with Crippen LogP contribution in [0, 0.1) is 0 Å². The summed E-state index contributed by atoms with van der Waals surface area (Å²) in [4.78, 5) is 13.1. The van der Waals surface area contributed by atoms with Crippen molar-refractivity contribution in [2.24, 2.45) is 0 Å². The summed E-state index contributed by atoms with van der Waals surface area (Å²) in [5.74, 6) is -0.877. The Balaban J connectivity index is 1.94. The van der Waals surface area contributed by atoms with E-state index < -0.39 is 5.97 Å². The van der Waals surface area contributed by atoms with Gasteiger partial charge in [0.15, 0.2) is 0 Å². The highest BCUT2D eigenvalue weighted by atomic mass is 16.5. The molecular weight excluding hydrogens is 242 g/mol. The van der Waals surface area contributed by atoms with Crippen LogP contribution in [-0.4, -0.2) is 41.8 Å². The summed E-state index contributed by atoms with van der Waals surface area (Å²) in [5, 5.41) is 8.87. The van der Waals surface area contributed by atoms with Gasteiger partial charge in [-0.15, -0.1) is 0 Å². The average molecular weight is 263 g/mol. The molecule has 0 saturated carbocycles. The van der Waals surface area contributed by atoms with Crippen molar-refractivity contribution < 1.29 is 14.6 Å². The van der Waals surface area contributed by atoms with Crippen LogP contribution in [-0.2, 0) is 11.3 Å². The lowest BCUT2D eigenvalue weighted by molar-refractivity contribution is -0.0133. The first-order valence-electron chi connectivity index (χ1n) is 6.70. The topological polar surface area (TPSA) is 49.8 Å². The molecule has 2 unspecified atom stereocenters. The van der Waals surface area contributed by atoms with Crippen LogP contribution < -0.4 is 0 Å². The maximum absolute atomic E-state index is 10.8. The summed E-state index contributed by atoms with van der Waals surface area (Å²) in [6.07, 6.45) is 2.45. The Morgan fingerprint density at radius 2 is 2.11 bits per heavy atom. The van der Waals surface area contributed by atoms with Crippen LogP contribution in [0.15, 0.2) is 24.3 Å². The third kappa shape index (κ3) is 3.78. The largest absolute Gasteiger partial charge is 0.478 e. The van der Waals surface area contributed by atoms with Crippen LogP contribution in [0.2, 0.25) is 0 Å². The highest BCUT2D eigenvalue weighted by Gasteiger charge is 2.22. The molecule has 0 spiro atoms. The zero-order chi connectivity index (χ0) is 13.8. The molecule has 0 bridgehead atoms. The van der Waals surface area contributed by atoms with Gasteiger partial charge in [0.25, 0.3) is 0 Å². The van der Waals surface area contributed by atoms with Crippen molar-refractivity contribution in [1.82, 2.24) is 4.90 Å². The Kier molecular flexibility index (Phi) is 4.56. The number of ether oxygens (including phenoxy) is 1. The Bertz CT molecular complexity index is 430. The second kappa shape index (κ2) is 6.17. The molecule has 2 rings (SSSR count). The molecule has 1 heterocycles. The third-order valence-electron chi connectivity index (χ3n) is 3.71. The van der Waals surface area contributed by atoms with Crippen molar-refractivity contribution >= 4 is 5.97 Å². The van der Waals surface area contributed by atoms with Crippen molar-refractivity contribution in [2.45, 2.75) is 38.5 Å². The molecule has 0 radical (unpaired) electrons. The van der Waals surface area contributed by atoms with Gasteiger partial charge in [-0.25, -0.2) is 4.79 Å². The van der Waals surface area contributed by atoms with Gasteiger partial charge in [0.2, 0.25) is 0 Å². The number of nitrogens with zero attached hydrogens (tertiary/aromatic N) is 1. The second-order valence-electron chi connectivity index (χ2n) is 5.28. The molecule has 4 nitrogen and oxygen atoms in total. The first kappa shape index (κ1) is 14.0. The van der Waals surface area contributed by atoms with Crippen LogP contribution in [0.1, 0.15) is 35.7 Å². The van der Waals surface area contributed by atoms with Crippen LogP contribution >= 0.6 is 0 Å². The van der Waals surface area contributed by atoms with Gasteiger partial charge >= 0.3 is 5.97 Å². The molecule has 19 heavy (non-hydrogen) atoms. The quantitative estimate of drug-likeness (QED) is 0.906. The molecule has 2 atom stereocenters. The molecule has 104 valence electrons. The first-order valence-corrected chi connectivity index (χ1v) is 6.70. The van der Waals surface area contributed by atoms with E-state index in [1.807, 2.05) is 12.1 Å². The molecule has 1 aliphatic heterocycles. The predicted octanol–water partition coefficient (Wildman–Crippen LogP) is 2.38. The van der Waals surface area contributed by atoms with E-state index in [1.54, 1.807) is 12.1 Å². The molecule has 1 aromatic rings. The Labute approximate surface area is 114 Å². The predicted molar refractivity (Wildman–Crippen MR) is 73.3 cm³/mol. The summed E-state index contributed by atoms with van der Waals surface area (Å²) in [6, 6.07) is 7.66. The Hall–Kier alpha value is -1.39. The lowest BCUT2D eigenvalue weighted by Gasteiger charge is -2.34. The second-order valence-corrected chi connectivity index (χ2v) is 5.28. The van der Waals surface area contributed by atoms with Crippen molar-refractivity contribution in [3.05, 3.63) is 35.4 Å². The van der Waals surface area contributed by atoms with Crippen molar-refractivity contribution in [3.63, 3.8) is 0 Å². The van der Waals surface area contributed by atoms with Gasteiger partial charge in [0.05, 0.1) is 11.7 Å². The minimum atomic E-state index is -0.877. The molecule has 0 aliphatic carbocycles. The minimum absolute atomic E-state index is 0.329. The number of hydrogen-bond donors (Lipinski definition) is 1. The van der Waals surface area contributed by atoms with Crippen LogP contribution in [0.4, 0.5) is 0 Å². The van der Waals surface area contributed by atoms with Gasteiger partial charge in [0, 0.05) is 19.2 Å². The number of rotatable bonds is 4. The van der Waals surface area contributed by atoms with Gasteiger partial charge in [0.1, 0.15) is 0 Å². The van der Waals surface area contributed by atoms with Gasteiger partial charge in [-0.1, -0.05) is 12.1 Å². The molecular formula is C15H21NO3. The fourth-order valence-corrected chi connectivity index (χ4v) is 2.54. The lowest BCUT2D eigenvalue weighted by Crippen LogP contribution is -2.39. The SMILES string of the molecule is CC1CC(N(C)Cc2ccc(C(=O)O)cc2)CCO1. The molecule has 1 aromatic carbocycles. The van der Waals surface area contributed by atoms with Gasteiger partial charge in [-0.3, -0.25) is 4.90 Å². The number of carboxylic acid groups (broad SMARTS) is 1. The smallest absolute Gasteiger partial charge is 0.335 e. The van der Waals surface area contributed by atoms with Crippen molar-refractivity contribution in [2.75, 3.05) is 13.7 Å². The standard InChI is InChI=1S/C15H21NO3/c1-11-9-14(7-8-19-11)16(2)10-12-3-5-13(6-4-12)15(17)18/h3-6,11,14H,7-10H2,1-2H3,(H,17,18). The van der Waals surface area contributed by atoms with E-state index >= 15 is 0 Å². The van der Waals surface area contributed by atoms with E-state index in [4.69, 9.17) is 9.84 Å². The van der Waals surface area contributed by atoms with Gasteiger partial charge in [-0.05, 0) is 44.5 Å². The number of hydrogen-bond acceptors (Lipinski definition) is 3. The van der Waals surface area contributed by atoms with Crippen LogP contribution in [0.25, 0.3) is 0 Å². The maximum Gasteiger partial charge on any atom is 0.335 e. The molecule has 1 aliphatic rings. The normalized spacial score (nSPS) is 23.5. The summed E-state index contributed by atoms with van der Waals surface area (Å²) < 4.78 is 5.56. The van der Waals surface area contributed by atoms with Gasteiger partial charge < -0.3 is 9.84 Å². The van der Waals surface area contributed by atoms with E-state index in [-0.39, 0.29) is 0 Å². The third-order valence-corrected chi connectivity index (χ3v) is 3.71. The monoisotopic (exact) mass is 263 g/mol. The van der Waals surface area contributed by atoms with Crippen molar-refractivity contribution in [1.29, 1.82) is 0 Å². The summed E-state index contributed by atoms with van der Waals surface area (Å²) in [5.41, 5.74) is 1.48. The Morgan fingerprint density at radius 1 is 1.42 bits per heavy atom. The van der Waals surface area contributed by atoms with Gasteiger partial charge in [-0.2, -0.15) is 0 Å². The highest BCUT2D eigenvalue weighted by Crippen LogP contribution is 2.19. The Morgan fingerprint density at radius 3 is 2.68 bits per heavy atom. The maximum atomic E-state index is 10.8. The zero-order valence-electron chi connectivity index (χ0n) is 11.5. The molecule has 1 saturated heterocycles. The first-order chi connectivity index (χ1) is 9.06. The summed E-state index contributed by atoms with van der Waals surface area (Å²) in [7, 11) is 2.12. The van der Waals surface area contributed by atoms with Crippen LogP contribution in [0.5, 0.6) is 0 Å². The average Bonchev–Trinajstić information content (AvgIpc) is 2.39. The fourth-order valence-electron chi connectivity index (χ4n) is 2.54. The molecule has 0 aromatic heterocycles.